The number of hydrogen-bond acceptors (Lipinski definition) is 4. The van der Waals surface area contributed by atoms with Gasteiger partial charge in [-0.15, -0.1) is 0 Å². The maximum Gasteiger partial charge on any atom is 0.433 e. The molecule has 1 unspecified atom stereocenters. The van der Waals surface area contributed by atoms with Crippen LogP contribution in [-0.4, -0.2) is 34.4 Å². The lowest BCUT2D eigenvalue weighted by Gasteiger charge is -2.16. The standard InChI is InChI=1S/C15H17F3N4O2/c1-3-5-6-7-10(13(23)19-4-2)21-14(24)12-20-9-8-11(22-12)15(16,17)18/h3,5-6,8-10H,1,4,7H2,2H3,(H,19,23)(H,21,24)/b6-5+. The van der Waals surface area contributed by atoms with Crippen molar-refractivity contribution in [2.75, 3.05) is 6.54 Å². The molecule has 0 aliphatic rings. The Balaban J connectivity index is 2.92. The average molecular weight is 342 g/mol. The molecule has 0 aromatic carbocycles. The van der Waals surface area contributed by atoms with Crippen molar-refractivity contribution in [2.24, 2.45) is 0 Å². The number of nitrogens with one attached hydrogen (secondary N) is 2. The third-order valence-electron chi connectivity index (χ3n) is 2.77. The molecule has 6 nitrogen and oxygen atoms in total. The molecule has 0 aliphatic carbocycles. The Bertz CT molecular complexity index is 629. The Morgan fingerprint density at radius 3 is 2.71 bits per heavy atom. The van der Waals surface area contributed by atoms with Crippen LogP contribution in [0.4, 0.5) is 13.2 Å². The molecule has 130 valence electrons. The molecule has 0 saturated carbocycles. The molecule has 1 rings (SSSR count). The highest BCUT2D eigenvalue weighted by molar-refractivity contribution is 5.94. The second-order valence-corrected chi connectivity index (χ2v) is 4.58. The van der Waals surface area contributed by atoms with Gasteiger partial charge >= 0.3 is 6.18 Å². The number of halogens is 3. The maximum atomic E-state index is 12.6. The Hall–Kier alpha value is -2.71. The molecule has 1 aromatic rings. The van der Waals surface area contributed by atoms with E-state index in [2.05, 4.69) is 27.2 Å². The van der Waals surface area contributed by atoms with Crippen molar-refractivity contribution in [3.8, 4) is 0 Å². The summed E-state index contributed by atoms with van der Waals surface area (Å²) in [5.41, 5.74) is -1.23. The first-order chi connectivity index (χ1) is 11.3. The normalized spacial score (nSPS) is 12.7. The Morgan fingerprint density at radius 1 is 1.42 bits per heavy atom. The summed E-state index contributed by atoms with van der Waals surface area (Å²) in [6.07, 6.45) is 0.960. The minimum atomic E-state index is -4.69. The van der Waals surface area contributed by atoms with Crippen LogP contribution in [0, 0.1) is 0 Å². The van der Waals surface area contributed by atoms with Crippen molar-refractivity contribution < 1.29 is 22.8 Å². The number of aromatic nitrogens is 2. The smallest absolute Gasteiger partial charge is 0.355 e. The number of carbonyl (C=O) groups excluding carboxylic acids is 2. The molecule has 24 heavy (non-hydrogen) atoms. The van der Waals surface area contributed by atoms with Gasteiger partial charge in [-0.05, 0) is 19.4 Å². The lowest BCUT2D eigenvalue weighted by atomic mass is 10.1. The zero-order valence-corrected chi connectivity index (χ0v) is 12.9. The van der Waals surface area contributed by atoms with Crippen molar-refractivity contribution in [3.63, 3.8) is 0 Å². The van der Waals surface area contributed by atoms with Gasteiger partial charge in [-0.25, -0.2) is 9.97 Å². The van der Waals surface area contributed by atoms with Gasteiger partial charge < -0.3 is 10.6 Å². The number of likely N-dealkylation sites (N-methyl/N-ethyl adjacent to an activating group) is 1. The third-order valence-corrected chi connectivity index (χ3v) is 2.77. The van der Waals surface area contributed by atoms with E-state index in [0.29, 0.717) is 12.6 Å². The van der Waals surface area contributed by atoms with E-state index in [1.54, 1.807) is 19.1 Å². The van der Waals surface area contributed by atoms with E-state index in [-0.39, 0.29) is 6.42 Å². The predicted molar refractivity (Wildman–Crippen MR) is 80.9 cm³/mol. The summed E-state index contributed by atoms with van der Waals surface area (Å²) in [7, 11) is 0. The van der Waals surface area contributed by atoms with Crippen LogP contribution in [0.5, 0.6) is 0 Å². The SMILES string of the molecule is C=C/C=C/CC(NC(=O)c1nccc(C(F)(F)F)n1)C(=O)NCC. The van der Waals surface area contributed by atoms with Gasteiger partial charge in [-0.3, -0.25) is 9.59 Å². The van der Waals surface area contributed by atoms with Crippen LogP contribution >= 0.6 is 0 Å². The summed E-state index contributed by atoms with van der Waals surface area (Å²) in [6, 6.07) is -0.308. The quantitative estimate of drug-likeness (QED) is 0.741. The Kier molecular flexibility index (Phi) is 7.09. The minimum absolute atomic E-state index is 0.141. The van der Waals surface area contributed by atoms with Gasteiger partial charge in [0, 0.05) is 12.7 Å². The van der Waals surface area contributed by atoms with Gasteiger partial charge in [0.05, 0.1) is 0 Å². The van der Waals surface area contributed by atoms with Gasteiger partial charge in [-0.2, -0.15) is 13.2 Å². The van der Waals surface area contributed by atoms with E-state index < -0.39 is 35.6 Å². The molecule has 0 spiro atoms. The molecule has 0 saturated heterocycles. The summed E-state index contributed by atoms with van der Waals surface area (Å²) in [6.45, 7) is 5.52. The fourth-order valence-corrected chi connectivity index (χ4v) is 1.69. The zero-order valence-electron chi connectivity index (χ0n) is 12.9. The molecule has 1 atom stereocenters. The van der Waals surface area contributed by atoms with Crippen molar-refractivity contribution >= 4 is 11.8 Å². The Morgan fingerprint density at radius 2 is 2.12 bits per heavy atom. The molecule has 0 radical (unpaired) electrons. The molecule has 0 bridgehead atoms. The predicted octanol–water partition coefficient (Wildman–Crippen LogP) is 1.86. The molecule has 2 amide bonds. The van der Waals surface area contributed by atoms with Crippen LogP contribution in [0.25, 0.3) is 0 Å². The Labute approximate surface area is 136 Å². The van der Waals surface area contributed by atoms with Crippen molar-refractivity contribution in [2.45, 2.75) is 25.6 Å². The first-order valence-corrected chi connectivity index (χ1v) is 7.06. The van der Waals surface area contributed by atoms with Crippen LogP contribution < -0.4 is 10.6 Å². The highest BCUT2D eigenvalue weighted by Crippen LogP contribution is 2.26. The van der Waals surface area contributed by atoms with Crippen LogP contribution in [0.2, 0.25) is 0 Å². The molecule has 1 aromatic heterocycles. The van der Waals surface area contributed by atoms with Gasteiger partial charge in [0.15, 0.2) is 0 Å². The van der Waals surface area contributed by atoms with Crippen LogP contribution in [0.15, 0.2) is 37.1 Å². The molecular formula is C15H17F3N4O2. The fraction of sp³-hybridized carbons (Fsp3) is 0.333. The van der Waals surface area contributed by atoms with Crippen LogP contribution in [-0.2, 0) is 11.0 Å². The number of hydrogen-bond donors (Lipinski definition) is 2. The third kappa shape index (κ3) is 5.82. The van der Waals surface area contributed by atoms with Gasteiger partial charge in [0.1, 0.15) is 11.7 Å². The highest BCUT2D eigenvalue weighted by Gasteiger charge is 2.33. The summed E-state index contributed by atoms with van der Waals surface area (Å²) in [5.74, 6) is -2.09. The summed E-state index contributed by atoms with van der Waals surface area (Å²) >= 11 is 0. The molecular weight excluding hydrogens is 325 g/mol. The van der Waals surface area contributed by atoms with Gasteiger partial charge in [0.25, 0.3) is 5.91 Å². The van der Waals surface area contributed by atoms with Gasteiger partial charge in [0.2, 0.25) is 11.7 Å². The van der Waals surface area contributed by atoms with Gasteiger partial charge in [-0.1, -0.05) is 24.8 Å². The molecule has 9 heteroatoms. The number of alkyl halides is 3. The second-order valence-electron chi connectivity index (χ2n) is 4.58. The number of allylic oxidation sites excluding steroid dienone is 2. The largest absolute Gasteiger partial charge is 0.433 e. The monoisotopic (exact) mass is 342 g/mol. The lowest BCUT2D eigenvalue weighted by Crippen LogP contribution is -2.46. The van der Waals surface area contributed by atoms with E-state index in [1.807, 2.05) is 0 Å². The molecule has 0 aliphatic heterocycles. The number of rotatable bonds is 7. The number of amides is 2. The van der Waals surface area contributed by atoms with Crippen LogP contribution in [0.3, 0.4) is 0 Å². The summed E-state index contributed by atoms with van der Waals surface area (Å²) in [4.78, 5) is 30.7. The van der Waals surface area contributed by atoms with Crippen molar-refractivity contribution in [1.29, 1.82) is 0 Å². The lowest BCUT2D eigenvalue weighted by molar-refractivity contribution is -0.141. The van der Waals surface area contributed by atoms with E-state index in [4.69, 9.17) is 0 Å². The van der Waals surface area contributed by atoms with Crippen molar-refractivity contribution in [1.82, 2.24) is 20.6 Å². The maximum absolute atomic E-state index is 12.6. The van der Waals surface area contributed by atoms with Crippen molar-refractivity contribution in [3.05, 3.63) is 48.6 Å². The fourth-order valence-electron chi connectivity index (χ4n) is 1.69. The van der Waals surface area contributed by atoms with E-state index >= 15 is 0 Å². The molecule has 2 N–H and O–H groups in total. The average Bonchev–Trinajstić information content (AvgIpc) is 2.53. The van der Waals surface area contributed by atoms with E-state index in [9.17, 15) is 22.8 Å². The first-order valence-electron chi connectivity index (χ1n) is 7.06. The summed E-state index contributed by atoms with van der Waals surface area (Å²) < 4.78 is 37.9. The zero-order chi connectivity index (χ0) is 18.2. The van der Waals surface area contributed by atoms with E-state index in [1.165, 1.54) is 6.08 Å². The minimum Gasteiger partial charge on any atom is -0.355 e. The molecule has 0 fully saturated rings. The summed E-state index contributed by atoms with van der Waals surface area (Å²) in [5, 5.41) is 4.86. The number of nitrogens with zero attached hydrogens (tertiary/aromatic N) is 2. The second kappa shape index (κ2) is 8.80. The first kappa shape index (κ1) is 19.3. The highest BCUT2D eigenvalue weighted by atomic mass is 19.4. The molecule has 1 heterocycles. The van der Waals surface area contributed by atoms with E-state index in [0.717, 1.165) is 6.20 Å². The topological polar surface area (TPSA) is 84.0 Å². The van der Waals surface area contributed by atoms with Crippen LogP contribution in [0.1, 0.15) is 29.7 Å². The number of carbonyl (C=O) groups is 2.